The summed E-state index contributed by atoms with van der Waals surface area (Å²) in [5.74, 6) is -0.0395. The van der Waals surface area contributed by atoms with Gasteiger partial charge in [-0.25, -0.2) is 4.68 Å². The summed E-state index contributed by atoms with van der Waals surface area (Å²) in [6.07, 6.45) is 3.17. The molecule has 0 radical (unpaired) electrons. The Labute approximate surface area is 169 Å². The molecule has 9 heteroatoms. The molecule has 0 unspecified atom stereocenters. The lowest BCUT2D eigenvalue weighted by molar-refractivity contribution is -0.125. The molecular formula is C19H13Cl2N5O2. The van der Waals surface area contributed by atoms with Gasteiger partial charge < -0.3 is 10.6 Å². The van der Waals surface area contributed by atoms with Crippen molar-refractivity contribution in [2.75, 3.05) is 10.6 Å². The minimum atomic E-state index is -1.15. The number of nitrogens with one attached hydrogen (secondary N) is 2. The first-order valence-electron chi connectivity index (χ1n) is 8.55. The molecule has 2 aliphatic rings. The van der Waals surface area contributed by atoms with Crippen LogP contribution >= 0.6 is 23.2 Å². The fourth-order valence-corrected chi connectivity index (χ4v) is 4.17. The number of nitrogens with zero attached hydrogens (tertiary/aromatic N) is 3. The van der Waals surface area contributed by atoms with Crippen LogP contribution in [0.3, 0.4) is 0 Å². The molecular weight excluding hydrogens is 401 g/mol. The van der Waals surface area contributed by atoms with E-state index < -0.39 is 5.41 Å². The highest BCUT2D eigenvalue weighted by Crippen LogP contribution is 2.50. The molecule has 3 aromatic rings. The molecule has 5 rings (SSSR count). The molecule has 140 valence electrons. The number of pyridine rings is 1. The molecule has 7 nitrogen and oxygen atoms in total. The number of hydrogen-bond acceptors (Lipinski definition) is 4. The molecule has 1 spiro atoms. The topological polar surface area (TPSA) is 88.9 Å². The van der Waals surface area contributed by atoms with Crippen LogP contribution in [0.5, 0.6) is 0 Å². The van der Waals surface area contributed by atoms with Gasteiger partial charge in [0.2, 0.25) is 11.8 Å². The van der Waals surface area contributed by atoms with Crippen molar-refractivity contribution in [3.8, 4) is 0 Å². The number of carbonyl (C=O) groups excluding carboxylic acids is 2. The number of halogens is 2. The number of carbonyl (C=O) groups is 2. The number of benzene rings is 1. The van der Waals surface area contributed by atoms with Crippen molar-refractivity contribution in [3.63, 3.8) is 0 Å². The predicted octanol–water partition coefficient (Wildman–Crippen LogP) is 3.21. The Morgan fingerprint density at radius 1 is 1.04 bits per heavy atom. The van der Waals surface area contributed by atoms with E-state index in [0.717, 1.165) is 5.69 Å². The Balaban J connectivity index is 1.65. The molecule has 0 saturated heterocycles. The van der Waals surface area contributed by atoms with Crippen LogP contribution in [-0.2, 0) is 21.5 Å². The van der Waals surface area contributed by atoms with Gasteiger partial charge >= 0.3 is 0 Å². The summed E-state index contributed by atoms with van der Waals surface area (Å²) in [7, 11) is 0. The zero-order valence-corrected chi connectivity index (χ0v) is 15.9. The van der Waals surface area contributed by atoms with Gasteiger partial charge in [-0.1, -0.05) is 23.2 Å². The van der Waals surface area contributed by atoms with Gasteiger partial charge in [-0.2, -0.15) is 5.10 Å². The molecule has 4 heterocycles. The summed E-state index contributed by atoms with van der Waals surface area (Å²) in [6, 6.07) is 8.71. The van der Waals surface area contributed by atoms with Crippen LogP contribution < -0.4 is 10.6 Å². The summed E-state index contributed by atoms with van der Waals surface area (Å²) < 4.78 is 1.63. The van der Waals surface area contributed by atoms with E-state index in [4.69, 9.17) is 23.2 Å². The van der Waals surface area contributed by atoms with Crippen LogP contribution in [0.25, 0.3) is 0 Å². The number of amides is 2. The van der Waals surface area contributed by atoms with Crippen LogP contribution in [0, 0.1) is 0 Å². The van der Waals surface area contributed by atoms with Crippen molar-refractivity contribution in [2.45, 2.75) is 18.4 Å². The summed E-state index contributed by atoms with van der Waals surface area (Å²) in [5.41, 5.74) is 1.55. The first-order chi connectivity index (χ1) is 13.5. The highest BCUT2D eigenvalue weighted by Gasteiger charge is 2.54. The molecule has 0 aliphatic carbocycles. The zero-order valence-electron chi connectivity index (χ0n) is 14.4. The second kappa shape index (κ2) is 6.05. The largest absolute Gasteiger partial charge is 0.325 e. The molecule has 0 bridgehead atoms. The number of fused-ring (bicyclic) bond motifs is 4. The Kier molecular flexibility index (Phi) is 3.72. The first-order valence-corrected chi connectivity index (χ1v) is 9.31. The average Bonchev–Trinajstić information content (AvgIpc) is 3.18. The molecule has 2 aromatic heterocycles. The van der Waals surface area contributed by atoms with E-state index in [2.05, 4.69) is 20.7 Å². The maximum Gasteiger partial charge on any atom is 0.240 e. The van der Waals surface area contributed by atoms with E-state index in [0.29, 0.717) is 39.2 Å². The van der Waals surface area contributed by atoms with Crippen molar-refractivity contribution < 1.29 is 9.59 Å². The van der Waals surface area contributed by atoms with Gasteiger partial charge in [-0.05, 0) is 35.9 Å². The monoisotopic (exact) mass is 413 g/mol. The number of hydrogen-bond donors (Lipinski definition) is 2. The summed E-state index contributed by atoms with van der Waals surface area (Å²) in [4.78, 5) is 29.9. The minimum Gasteiger partial charge on any atom is -0.325 e. The average molecular weight is 414 g/mol. The van der Waals surface area contributed by atoms with Gasteiger partial charge in [0, 0.05) is 28.9 Å². The fourth-order valence-electron chi connectivity index (χ4n) is 3.89. The lowest BCUT2D eigenvalue weighted by atomic mass is 9.72. The SMILES string of the molecule is O=C1C[C@@]2(C(=O)Nc3ccc(Cl)cc32)c2cnn(Cc3ccc(Cl)cn3)c2N1. The summed E-state index contributed by atoms with van der Waals surface area (Å²) in [5, 5.41) is 11.2. The van der Waals surface area contributed by atoms with Crippen LogP contribution in [0.2, 0.25) is 10.0 Å². The lowest BCUT2D eigenvalue weighted by Crippen LogP contribution is -2.43. The first kappa shape index (κ1) is 17.2. The second-order valence-electron chi connectivity index (χ2n) is 6.81. The van der Waals surface area contributed by atoms with Crippen LogP contribution in [0.15, 0.2) is 42.7 Å². The third-order valence-corrected chi connectivity index (χ3v) is 5.62. The third-order valence-electron chi connectivity index (χ3n) is 5.16. The summed E-state index contributed by atoms with van der Waals surface area (Å²) >= 11 is 12.1. The quantitative estimate of drug-likeness (QED) is 0.674. The Morgan fingerprint density at radius 2 is 1.86 bits per heavy atom. The molecule has 1 aromatic carbocycles. The van der Waals surface area contributed by atoms with Crippen molar-refractivity contribution in [3.05, 3.63) is 69.6 Å². The lowest BCUT2D eigenvalue weighted by Gasteiger charge is -2.31. The van der Waals surface area contributed by atoms with Crippen molar-refractivity contribution in [2.24, 2.45) is 0 Å². The second-order valence-corrected chi connectivity index (χ2v) is 7.68. The van der Waals surface area contributed by atoms with Crippen molar-refractivity contribution >= 4 is 46.5 Å². The van der Waals surface area contributed by atoms with E-state index in [1.54, 1.807) is 47.4 Å². The van der Waals surface area contributed by atoms with Crippen LogP contribution in [-0.4, -0.2) is 26.6 Å². The fraction of sp³-hybridized carbons (Fsp3) is 0.158. The Bertz CT molecular complexity index is 1140. The summed E-state index contributed by atoms with van der Waals surface area (Å²) in [6.45, 7) is 0.326. The highest BCUT2D eigenvalue weighted by atomic mass is 35.5. The standard InChI is InChI=1S/C19H13Cl2N5O2/c20-10-2-4-15-13(5-10)19(18(28)24-15)6-16(27)25-17-14(19)8-23-26(17)9-12-3-1-11(21)7-22-12/h1-5,7-8H,6,9H2,(H,24,28)(H,25,27)/t19-/m0/s1. The molecule has 0 fully saturated rings. The third kappa shape index (κ3) is 2.43. The van der Waals surface area contributed by atoms with E-state index in [1.807, 2.05) is 0 Å². The van der Waals surface area contributed by atoms with E-state index in [1.165, 1.54) is 0 Å². The molecule has 28 heavy (non-hydrogen) atoms. The predicted molar refractivity (Wildman–Crippen MR) is 105 cm³/mol. The van der Waals surface area contributed by atoms with Gasteiger partial charge in [-0.15, -0.1) is 0 Å². The molecule has 2 amide bonds. The molecule has 2 N–H and O–H groups in total. The maximum absolute atomic E-state index is 13.0. The highest BCUT2D eigenvalue weighted by molar-refractivity contribution is 6.31. The van der Waals surface area contributed by atoms with Gasteiger partial charge in [0.1, 0.15) is 11.2 Å². The van der Waals surface area contributed by atoms with E-state index in [-0.39, 0.29) is 18.2 Å². The molecule has 0 saturated carbocycles. The van der Waals surface area contributed by atoms with Gasteiger partial charge in [-0.3, -0.25) is 14.6 Å². The molecule has 1 atom stereocenters. The Hall–Kier alpha value is -2.90. The van der Waals surface area contributed by atoms with Crippen LogP contribution in [0.1, 0.15) is 23.2 Å². The maximum atomic E-state index is 13.0. The number of anilines is 2. The van der Waals surface area contributed by atoms with Gasteiger partial charge in [0.05, 0.1) is 23.5 Å². The van der Waals surface area contributed by atoms with E-state index in [9.17, 15) is 9.59 Å². The number of rotatable bonds is 2. The smallest absolute Gasteiger partial charge is 0.240 e. The minimum absolute atomic E-state index is 0.00986. The van der Waals surface area contributed by atoms with Crippen molar-refractivity contribution in [1.29, 1.82) is 0 Å². The number of aromatic nitrogens is 3. The van der Waals surface area contributed by atoms with Crippen molar-refractivity contribution in [1.82, 2.24) is 14.8 Å². The normalized spacial score (nSPS) is 19.9. The zero-order chi connectivity index (χ0) is 19.5. The van der Waals surface area contributed by atoms with Gasteiger partial charge in [0.15, 0.2) is 0 Å². The van der Waals surface area contributed by atoms with Gasteiger partial charge in [0.25, 0.3) is 0 Å². The van der Waals surface area contributed by atoms with E-state index >= 15 is 0 Å². The Morgan fingerprint density at radius 3 is 2.64 bits per heavy atom. The molecule has 2 aliphatic heterocycles. The van der Waals surface area contributed by atoms with Crippen LogP contribution in [0.4, 0.5) is 11.5 Å².